The van der Waals surface area contributed by atoms with Gasteiger partial charge in [0.15, 0.2) is 0 Å². The van der Waals surface area contributed by atoms with Gasteiger partial charge in [0.05, 0.1) is 12.0 Å². The molecule has 2 fully saturated rings. The highest BCUT2D eigenvalue weighted by molar-refractivity contribution is 5.78. The molecule has 1 aromatic rings. The Hall–Kier alpha value is -1.43. The number of nitrogens with zero attached hydrogens (tertiary/aromatic N) is 2. The molecule has 0 atom stereocenters. The Balaban J connectivity index is 1.46. The second-order valence-electron chi connectivity index (χ2n) is 7.16. The van der Waals surface area contributed by atoms with E-state index in [-0.39, 0.29) is 5.91 Å². The molecule has 0 spiro atoms. The van der Waals surface area contributed by atoms with Crippen molar-refractivity contribution in [1.82, 2.24) is 9.80 Å². The molecule has 0 aliphatic carbocycles. The summed E-state index contributed by atoms with van der Waals surface area (Å²) < 4.78 is 5.34. The van der Waals surface area contributed by atoms with Crippen LogP contribution in [0.4, 0.5) is 0 Å². The van der Waals surface area contributed by atoms with E-state index in [0.717, 1.165) is 31.7 Å². The summed E-state index contributed by atoms with van der Waals surface area (Å²) in [6.45, 7) is 7.20. The number of carbonyl (C=O) groups excluding carboxylic acids is 1. The van der Waals surface area contributed by atoms with Gasteiger partial charge in [0, 0.05) is 58.8 Å². The van der Waals surface area contributed by atoms with Crippen LogP contribution in [0.2, 0.25) is 0 Å². The van der Waals surface area contributed by atoms with Crippen LogP contribution in [-0.4, -0.2) is 72.4 Å². The van der Waals surface area contributed by atoms with Gasteiger partial charge in [-0.3, -0.25) is 9.69 Å². The maximum absolute atomic E-state index is 12.5. The average molecular weight is 332 g/mol. The zero-order valence-corrected chi connectivity index (χ0v) is 14.5. The van der Waals surface area contributed by atoms with Crippen LogP contribution >= 0.6 is 0 Å². The standard InChI is InChI=1S/C19H28N2O3/c1-16-2-4-17(5-3-16)14-18(22)21-10-8-20(9-11-21)15-19(23)6-12-24-13-7-19/h2-5,23H,6-15H2,1H3. The molecular formula is C19H28N2O3. The highest BCUT2D eigenvalue weighted by atomic mass is 16.5. The predicted molar refractivity (Wildman–Crippen MR) is 92.9 cm³/mol. The predicted octanol–water partition coefficient (Wildman–Crippen LogP) is 1.22. The molecule has 1 aromatic carbocycles. The third-order valence-electron chi connectivity index (χ3n) is 5.14. The largest absolute Gasteiger partial charge is 0.388 e. The summed E-state index contributed by atoms with van der Waals surface area (Å²) in [6, 6.07) is 8.17. The van der Waals surface area contributed by atoms with E-state index in [1.165, 1.54) is 5.56 Å². The highest BCUT2D eigenvalue weighted by Gasteiger charge is 2.33. The lowest BCUT2D eigenvalue weighted by Crippen LogP contribution is -2.54. The van der Waals surface area contributed by atoms with Crippen LogP contribution in [0.1, 0.15) is 24.0 Å². The number of benzene rings is 1. The van der Waals surface area contributed by atoms with Gasteiger partial charge in [-0.15, -0.1) is 0 Å². The fourth-order valence-corrected chi connectivity index (χ4v) is 3.47. The quantitative estimate of drug-likeness (QED) is 0.901. The van der Waals surface area contributed by atoms with Crippen molar-refractivity contribution < 1.29 is 14.6 Å². The molecule has 132 valence electrons. The van der Waals surface area contributed by atoms with E-state index >= 15 is 0 Å². The highest BCUT2D eigenvalue weighted by Crippen LogP contribution is 2.22. The topological polar surface area (TPSA) is 53.0 Å². The van der Waals surface area contributed by atoms with Crippen molar-refractivity contribution in [1.29, 1.82) is 0 Å². The molecule has 1 N–H and O–H groups in total. The summed E-state index contributed by atoms with van der Waals surface area (Å²) in [7, 11) is 0. The Morgan fingerprint density at radius 2 is 1.75 bits per heavy atom. The summed E-state index contributed by atoms with van der Waals surface area (Å²) >= 11 is 0. The molecule has 0 bridgehead atoms. The van der Waals surface area contributed by atoms with Crippen molar-refractivity contribution >= 4 is 5.91 Å². The third-order valence-corrected chi connectivity index (χ3v) is 5.14. The van der Waals surface area contributed by atoms with Crippen LogP contribution in [0, 0.1) is 6.92 Å². The van der Waals surface area contributed by atoms with E-state index in [4.69, 9.17) is 4.74 Å². The van der Waals surface area contributed by atoms with Crippen LogP contribution in [-0.2, 0) is 16.0 Å². The van der Waals surface area contributed by atoms with Crippen LogP contribution < -0.4 is 0 Å². The van der Waals surface area contributed by atoms with E-state index in [0.29, 0.717) is 39.0 Å². The summed E-state index contributed by atoms with van der Waals surface area (Å²) in [5.41, 5.74) is 1.67. The number of aliphatic hydroxyl groups is 1. The Morgan fingerprint density at radius 3 is 2.38 bits per heavy atom. The second-order valence-corrected chi connectivity index (χ2v) is 7.16. The first-order valence-corrected chi connectivity index (χ1v) is 8.90. The van der Waals surface area contributed by atoms with Gasteiger partial charge in [-0.1, -0.05) is 29.8 Å². The third kappa shape index (κ3) is 4.56. The molecule has 0 aromatic heterocycles. The Bertz CT molecular complexity index is 544. The minimum Gasteiger partial charge on any atom is -0.388 e. The smallest absolute Gasteiger partial charge is 0.227 e. The first kappa shape index (κ1) is 17.4. The maximum Gasteiger partial charge on any atom is 0.227 e. The van der Waals surface area contributed by atoms with Gasteiger partial charge in [0.25, 0.3) is 0 Å². The molecular weight excluding hydrogens is 304 g/mol. The lowest BCUT2D eigenvalue weighted by atomic mass is 9.93. The molecule has 2 aliphatic heterocycles. The molecule has 5 heteroatoms. The van der Waals surface area contributed by atoms with Crippen molar-refractivity contribution in [3.05, 3.63) is 35.4 Å². The number of amides is 1. The van der Waals surface area contributed by atoms with E-state index in [2.05, 4.69) is 24.0 Å². The van der Waals surface area contributed by atoms with Crippen molar-refractivity contribution in [2.45, 2.75) is 31.8 Å². The fraction of sp³-hybridized carbons (Fsp3) is 0.632. The fourth-order valence-electron chi connectivity index (χ4n) is 3.47. The molecule has 1 amide bonds. The zero-order chi connectivity index (χ0) is 17.0. The van der Waals surface area contributed by atoms with Gasteiger partial charge in [-0.05, 0) is 12.5 Å². The van der Waals surface area contributed by atoms with Crippen LogP contribution in [0.3, 0.4) is 0 Å². The van der Waals surface area contributed by atoms with Gasteiger partial charge < -0.3 is 14.7 Å². The van der Waals surface area contributed by atoms with Crippen molar-refractivity contribution in [3.8, 4) is 0 Å². The van der Waals surface area contributed by atoms with E-state index in [9.17, 15) is 9.90 Å². The molecule has 5 nitrogen and oxygen atoms in total. The molecule has 0 unspecified atom stereocenters. The van der Waals surface area contributed by atoms with E-state index in [1.807, 2.05) is 17.0 Å². The first-order chi connectivity index (χ1) is 11.5. The number of hydrogen-bond acceptors (Lipinski definition) is 4. The summed E-state index contributed by atoms with van der Waals surface area (Å²) in [4.78, 5) is 16.7. The average Bonchev–Trinajstić information content (AvgIpc) is 2.58. The molecule has 3 rings (SSSR count). The normalized spacial score (nSPS) is 21.7. The number of ether oxygens (including phenoxy) is 1. The van der Waals surface area contributed by atoms with Gasteiger partial charge >= 0.3 is 0 Å². The van der Waals surface area contributed by atoms with Gasteiger partial charge in [-0.2, -0.15) is 0 Å². The Kier molecular flexibility index (Phi) is 5.54. The summed E-state index contributed by atoms with van der Waals surface area (Å²) in [6.07, 6.45) is 1.89. The van der Waals surface area contributed by atoms with Gasteiger partial charge in [0.2, 0.25) is 5.91 Å². The number of piperazine rings is 1. The molecule has 0 radical (unpaired) electrons. The van der Waals surface area contributed by atoms with E-state index < -0.39 is 5.60 Å². The van der Waals surface area contributed by atoms with E-state index in [1.54, 1.807) is 0 Å². The van der Waals surface area contributed by atoms with Gasteiger partial charge in [0.1, 0.15) is 0 Å². The van der Waals surface area contributed by atoms with Crippen molar-refractivity contribution in [2.75, 3.05) is 45.9 Å². The minimum absolute atomic E-state index is 0.197. The minimum atomic E-state index is -0.619. The monoisotopic (exact) mass is 332 g/mol. The number of carbonyl (C=O) groups is 1. The SMILES string of the molecule is Cc1ccc(CC(=O)N2CCN(CC3(O)CCOCC3)CC2)cc1. The molecule has 0 saturated carbocycles. The van der Waals surface area contributed by atoms with Crippen molar-refractivity contribution in [2.24, 2.45) is 0 Å². The van der Waals surface area contributed by atoms with Crippen LogP contribution in [0.5, 0.6) is 0 Å². The van der Waals surface area contributed by atoms with Crippen LogP contribution in [0.15, 0.2) is 24.3 Å². The van der Waals surface area contributed by atoms with Gasteiger partial charge in [-0.25, -0.2) is 0 Å². The lowest BCUT2D eigenvalue weighted by molar-refractivity contribution is -0.133. The number of hydrogen-bond donors (Lipinski definition) is 1. The Morgan fingerprint density at radius 1 is 1.12 bits per heavy atom. The maximum atomic E-state index is 12.5. The number of β-amino-alcohol motifs (C(OH)–C–C–N with tert-alkyl or cyclic N) is 1. The summed E-state index contributed by atoms with van der Waals surface area (Å²) in [5, 5.41) is 10.6. The Labute approximate surface area is 144 Å². The summed E-state index contributed by atoms with van der Waals surface area (Å²) in [5.74, 6) is 0.197. The van der Waals surface area contributed by atoms with Crippen molar-refractivity contribution in [3.63, 3.8) is 0 Å². The number of rotatable bonds is 4. The first-order valence-electron chi connectivity index (χ1n) is 8.90. The molecule has 2 heterocycles. The molecule has 2 saturated heterocycles. The molecule has 24 heavy (non-hydrogen) atoms. The molecule has 2 aliphatic rings. The van der Waals surface area contributed by atoms with Crippen LogP contribution in [0.25, 0.3) is 0 Å². The lowest BCUT2D eigenvalue weighted by Gasteiger charge is -2.40. The number of aryl methyl sites for hydroxylation is 1. The second kappa shape index (κ2) is 7.64. The zero-order valence-electron chi connectivity index (χ0n) is 14.5.